The van der Waals surface area contributed by atoms with Crippen LogP contribution in [0.25, 0.3) is 0 Å². The third kappa shape index (κ3) is 40.2. The second-order valence-electron chi connectivity index (χ2n) is 17.8. The maximum Gasteiger partial charge on any atom is 0.306 e. The molecule has 60 heavy (non-hydrogen) atoms. The van der Waals surface area contributed by atoms with Crippen molar-refractivity contribution in [2.24, 2.45) is 4.99 Å². The molecule has 0 aliphatic carbocycles. The average Bonchev–Trinajstić information content (AvgIpc) is 3.24. The van der Waals surface area contributed by atoms with Crippen LogP contribution in [0, 0.1) is 11.5 Å². The fourth-order valence-electron chi connectivity index (χ4n) is 7.92. The number of ether oxygens (including phenoxy) is 3. The number of nitrogens with one attached hydrogen (secondary N) is 1. The summed E-state index contributed by atoms with van der Waals surface area (Å²) >= 11 is 0. The Morgan fingerprint density at radius 3 is 1.53 bits per heavy atom. The molecule has 0 aromatic carbocycles. The summed E-state index contributed by atoms with van der Waals surface area (Å²) < 4.78 is 18.0. The SMILES string of the molecule is CCCCCCCCC(CCCCCCC)OCOCCCCCCCCN(CCCCCCCC(=O)OC(CC)CCCCCCCC)CCCN=C(NC#N)N(C)C. The first kappa shape index (κ1) is 58.1. The molecule has 0 aromatic heterocycles. The minimum atomic E-state index is -0.00638. The van der Waals surface area contributed by atoms with Gasteiger partial charge in [-0.1, -0.05) is 175 Å². The lowest BCUT2D eigenvalue weighted by Crippen LogP contribution is -2.34. The Bertz CT molecular complexity index is 974. The monoisotopic (exact) mass is 848 g/mol. The van der Waals surface area contributed by atoms with E-state index in [1.54, 1.807) is 0 Å². The van der Waals surface area contributed by atoms with Crippen molar-refractivity contribution in [3.63, 3.8) is 0 Å². The van der Waals surface area contributed by atoms with E-state index in [1.807, 2.05) is 25.2 Å². The number of unbranched alkanes of at least 4 members (excludes halogenated alkanes) is 23. The summed E-state index contributed by atoms with van der Waals surface area (Å²) in [7, 11) is 3.81. The Labute approximate surface area is 373 Å². The summed E-state index contributed by atoms with van der Waals surface area (Å²) in [4.78, 5) is 21.6. The van der Waals surface area contributed by atoms with Gasteiger partial charge in [0.1, 0.15) is 12.9 Å². The van der Waals surface area contributed by atoms with Crippen LogP contribution in [0.1, 0.15) is 246 Å². The number of guanidine groups is 1. The number of rotatable bonds is 46. The summed E-state index contributed by atoms with van der Waals surface area (Å²) in [6.07, 6.45) is 43.5. The molecule has 0 saturated heterocycles. The van der Waals surface area contributed by atoms with Crippen LogP contribution in [0.5, 0.6) is 0 Å². The molecule has 0 spiro atoms. The van der Waals surface area contributed by atoms with Crippen molar-refractivity contribution in [1.29, 1.82) is 5.26 Å². The van der Waals surface area contributed by atoms with Crippen LogP contribution in [0.2, 0.25) is 0 Å². The molecule has 0 bridgehead atoms. The largest absolute Gasteiger partial charge is 0.462 e. The van der Waals surface area contributed by atoms with Crippen LogP contribution in [0.3, 0.4) is 0 Å². The quantitative estimate of drug-likeness (QED) is 0.0123. The van der Waals surface area contributed by atoms with Gasteiger partial charge in [-0.05, 0) is 83.8 Å². The molecule has 0 heterocycles. The van der Waals surface area contributed by atoms with Gasteiger partial charge in [0.05, 0.1) is 6.10 Å². The smallest absolute Gasteiger partial charge is 0.306 e. The maximum absolute atomic E-state index is 12.5. The van der Waals surface area contributed by atoms with Gasteiger partial charge in [-0.15, -0.1) is 0 Å². The van der Waals surface area contributed by atoms with Gasteiger partial charge in [0.2, 0.25) is 5.96 Å². The van der Waals surface area contributed by atoms with Gasteiger partial charge in [0.15, 0.2) is 6.19 Å². The predicted octanol–water partition coefficient (Wildman–Crippen LogP) is 13.9. The van der Waals surface area contributed by atoms with Crippen molar-refractivity contribution in [1.82, 2.24) is 15.1 Å². The topological polar surface area (TPSA) is 99.4 Å². The minimum Gasteiger partial charge on any atom is -0.462 e. The zero-order chi connectivity index (χ0) is 44.0. The summed E-state index contributed by atoms with van der Waals surface area (Å²) in [5.74, 6) is 0.614. The second-order valence-corrected chi connectivity index (χ2v) is 17.8. The van der Waals surface area contributed by atoms with Gasteiger partial charge in [0.25, 0.3) is 0 Å². The number of nitriles is 1. The number of aliphatic imine (C=N–C) groups is 1. The van der Waals surface area contributed by atoms with E-state index in [2.05, 4.69) is 42.9 Å². The first-order valence-electron chi connectivity index (χ1n) is 25.9. The third-order valence-electron chi connectivity index (χ3n) is 11.9. The van der Waals surface area contributed by atoms with Gasteiger partial charge < -0.3 is 24.0 Å². The average molecular weight is 848 g/mol. The highest BCUT2D eigenvalue weighted by Gasteiger charge is 2.13. The second kappa shape index (κ2) is 46.6. The van der Waals surface area contributed by atoms with Crippen molar-refractivity contribution >= 4 is 11.9 Å². The van der Waals surface area contributed by atoms with E-state index in [4.69, 9.17) is 19.5 Å². The Hall–Kier alpha value is -1.89. The minimum absolute atomic E-state index is 0.00638. The number of carbonyl (C=O) groups is 1. The highest BCUT2D eigenvalue weighted by atomic mass is 16.7. The summed E-state index contributed by atoms with van der Waals surface area (Å²) in [6.45, 7) is 14.2. The Kier molecular flexibility index (Phi) is 45.1. The molecule has 2 atom stereocenters. The molecular formula is C51H101N5O4. The highest BCUT2D eigenvalue weighted by molar-refractivity contribution is 5.80. The van der Waals surface area contributed by atoms with Crippen LogP contribution in [-0.2, 0) is 19.0 Å². The fraction of sp³-hybridized carbons (Fsp3) is 0.941. The van der Waals surface area contributed by atoms with E-state index in [1.165, 1.54) is 173 Å². The van der Waals surface area contributed by atoms with E-state index in [0.29, 0.717) is 31.8 Å². The van der Waals surface area contributed by atoms with Gasteiger partial charge >= 0.3 is 5.97 Å². The molecule has 0 aliphatic rings. The Balaban J connectivity index is 4.41. The normalized spacial score (nSPS) is 12.8. The molecule has 0 saturated carbocycles. The molecule has 0 aliphatic heterocycles. The third-order valence-corrected chi connectivity index (χ3v) is 11.9. The molecule has 0 amide bonds. The molecule has 0 rings (SSSR count). The van der Waals surface area contributed by atoms with Gasteiger partial charge in [-0.3, -0.25) is 15.1 Å². The van der Waals surface area contributed by atoms with Crippen LogP contribution < -0.4 is 5.32 Å². The van der Waals surface area contributed by atoms with Crippen LogP contribution in [0.15, 0.2) is 4.99 Å². The van der Waals surface area contributed by atoms with E-state index in [0.717, 1.165) is 64.8 Å². The zero-order valence-corrected chi connectivity index (χ0v) is 40.9. The fourth-order valence-corrected chi connectivity index (χ4v) is 7.92. The lowest BCUT2D eigenvalue weighted by atomic mass is 10.0. The van der Waals surface area contributed by atoms with Gasteiger partial charge in [0, 0.05) is 33.7 Å². The van der Waals surface area contributed by atoms with Crippen LogP contribution >= 0.6 is 0 Å². The van der Waals surface area contributed by atoms with Crippen LogP contribution in [-0.4, -0.2) is 87.6 Å². The molecule has 1 N–H and O–H groups in total. The van der Waals surface area contributed by atoms with Crippen molar-refractivity contribution in [3.8, 4) is 6.19 Å². The molecule has 9 nitrogen and oxygen atoms in total. The number of nitrogens with zero attached hydrogens (tertiary/aromatic N) is 4. The van der Waals surface area contributed by atoms with Gasteiger partial charge in [-0.2, -0.15) is 5.26 Å². The van der Waals surface area contributed by atoms with E-state index in [9.17, 15) is 4.79 Å². The summed E-state index contributed by atoms with van der Waals surface area (Å²) in [5, 5.41) is 11.7. The number of hydrogen-bond donors (Lipinski definition) is 1. The number of carbonyl (C=O) groups excluding carboxylic acids is 1. The highest BCUT2D eigenvalue weighted by Crippen LogP contribution is 2.18. The summed E-state index contributed by atoms with van der Waals surface area (Å²) in [6, 6.07) is 0. The number of esters is 1. The standard InChI is InChI=1S/C51H101N5O4/c1-7-11-14-17-23-29-37-48(10-4)60-50(57)40-32-25-21-27-34-43-56(44-36-41-53-51(54-46-52)55(5)6)42-33-26-19-20-28-35-45-58-47-59-49(38-30-22-16-13-9-3)39-31-24-18-15-12-8-2/h48-49H,7-45,47H2,1-6H3,(H,53,54). The molecule has 0 radical (unpaired) electrons. The van der Waals surface area contributed by atoms with Gasteiger partial charge in [-0.25, -0.2) is 0 Å². The molecular weight excluding hydrogens is 747 g/mol. The molecule has 0 fully saturated rings. The lowest BCUT2D eigenvalue weighted by Gasteiger charge is -2.22. The number of hydrogen-bond acceptors (Lipinski definition) is 7. The maximum atomic E-state index is 12.5. The first-order chi connectivity index (χ1) is 29.4. The van der Waals surface area contributed by atoms with Crippen LogP contribution in [0.4, 0.5) is 0 Å². The molecule has 354 valence electrons. The zero-order valence-electron chi connectivity index (χ0n) is 40.9. The first-order valence-corrected chi connectivity index (χ1v) is 25.9. The molecule has 9 heteroatoms. The summed E-state index contributed by atoms with van der Waals surface area (Å²) in [5.41, 5.74) is 0. The molecule has 2 unspecified atom stereocenters. The van der Waals surface area contributed by atoms with E-state index < -0.39 is 0 Å². The van der Waals surface area contributed by atoms with E-state index >= 15 is 0 Å². The van der Waals surface area contributed by atoms with Crippen molar-refractivity contribution in [2.45, 2.75) is 258 Å². The van der Waals surface area contributed by atoms with Crippen molar-refractivity contribution in [2.75, 3.05) is 53.7 Å². The van der Waals surface area contributed by atoms with Crippen molar-refractivity contribution < 1.29 is 19.0 Å². The van der Waals surface area contributed by atoms with Crippen molar-refractivity contribution in [3.05, 3.63) is 0 Å². The Morgan fingerprint density at radius 2 is 1.03 bits per heavy atom. The van der Waals surface area contributed by atoms with E-state index in [-0.39, 0.29) is 12.1 Å². The predicted molar refractivity (Wildman–Crippen MR) is 256 cm³/mol. The molecule has 0 aromatic rings. The Morgan fingerprint density at radius 1 is 0.583 bits per heavy atom. The lowest BCUT2D eigenvalue weighted by molar-refractivity contribution is -0.149.